The highest BCUT2D eigenvalue weighted by atomic mass is 19.3. The largest absolute Gasteiger partial charge is 0.453 e. The van der Waals surface area contributed by atoms with E-state index in [2.05, 4.69) is 35.3 Å². The Morgan fingerprint density at radius 1 is 0.785 bits per heavy atom. The zero-order chi connectivity index (χ0) is 45.0. The number of halogens is 2. The maximum atomic E-state index is 16.5. The lowest BCUT2D eigenvalue weighted by Crippen LogP contribution is -2.53. The molecule has 65 heavy (non-hydrogen) atoms. The Bertz CT molecular complexity index is 2650. The van der Waals surface area contributed by atoms with Crippen LogP contribution in [0.2, 0.25) is 0 Å². The minimum atomic E-state index is -3.26. The SMILES string of the molecule is COC(=O)NCC(=O)N1CC2(CC2)C[C@H]1c1ncc(-c2ccc3c(c2)C(F)(F)c2cc(-c4ccc(-c5cnc([C@@H]6CCCN6C(=O)[C@@H](NC(=O)OC)C6CCOCC6)[nH]5)cc4)ccc2-3)[nH]1. The molecule has 4 N–H and O–H groups in total. The molecular formula is C48H50F2N8O7. The van der Waals surface area contributed by atoms with Crippen molar-refractivity contribution >= 4 is 24.0 Å². The van der Waals surface area contributed by atoms with Crippen LogP contribution in [0.1, 0.15) is 79.8 Å². The lowest BCUT2D eigenvalue weighted by molar-refractivity contribution is -0.137. The van der Waals surface area contributed by atoms with Gasteiger partial charge in [0.05, 0.1) is 50.1 Å². The first-order valence-corrected chi connectivity index (χ1v) is 22.2. The molecule has 1 saturated carbocycles. The number of rotatable bonds is 10. The topological polar surface area (TPSA) is 184 Å². The number of fused-ring (bicyclic) bond motifs is 3. The molecule has 338 valence electrons. The van der Waals surface area contributed by atoms with Gasteiger partial charge in [0.25, 0.3) is 5.92 Å². The number of likely N-dealkylation sites (tertiary alicyclic amines) is 2. The molecule has 3 atom stereocenters. The molecule has 4 fully saturated rings. The van der Waals surface area contributed by atoms with E-state index in [9.17, 15) is 19.2 Å². The lowest BCUT2D eigenvalue weighted by atomic mass is 9.90. The molecule has 17 heteroatoms. The van der Waals surface area contributed by atoms with Crippen molar-refractivity contribution in [2.24, 2.45) is 11.3 Å². The van der Waals surface area contributed by atoms with Gasteiger partial charge in [0.2, 0.25) is 11.8 Å². The van der Waals surface area contributed by atoms with Crippen molar-refractivity contribution in [2.75, 3.05) is 47.1 Å². The molecule has 3 saturated heterocycles. The minimum absolute atomic E-state index is 0.0377. The first kappa shape index (κ1) is 42.3. The molecule has 5 heterocycles. The van der Waals surface area contributed by atoms with E-state index in [1.165, 1.54) is 20.3 Å². The summed E-state index contributed by atoms with van der Waals surface area (Å²) >= 11 is 0. The first-order chi connectivity index (χ1) is 31.4. The van der Waals surface area contributed by atoms with Crippen molar-refractivity contribution in [3.8, 4) is 44.8 Å². The highest BCUT2D eigenvalue weighted by molar-refractivity contribution is 5.87. The van der Waals surface area contributed by atoms with E-state index in [1.807, 2.05) is 36.4 Å². The van der Waals surface area contributed by atoms with Crippen molar-refractivity contribution in [3.63, 3.8) is 0 Å². The van der Waals surface area contributed by atoms with Gasteiger partial charge in [-0.1, -0.05) is 48.5 Å². The number of hydrogen-bond acceptors (Lipinski definition) is 9. The molecule has 10 rings (SSSR count). The molecule has 5 aliphatic rings. The second-order valence-electron chi connectivity index (χ2n) is 17.9. The Kier molecular flexibility index (Phi) is 10.9. The number of methoxy groups -OCH3 is 2. The number of aromatic nitrogens is 4. The molecule has 1 spiro atoms. The highest BCUT2D eigenvalue weighted by Crippen LogP contribution is 2.58. The lowest BCUT2D eigenvalue weighted by Gasteiger charge is -2.34. The van der Waals surface area contributed by atoms with Gasteiger partial charge in [0.15, 0.2) is 0 Å². The molecule has 0 unspecified atom stereocenters. The number of H-pyrrole nitrogens is 2. The van der Waals surface area contributed by atoms with Gasteiger partial charge in [0, 0.05) is 43.0 Å². The summed E-state index contributed by atoms with van der Waals surface area (Å²) in [6.07, 6.45) is 7.61. The second-order valence-corrected chi connectivity index (χ2v) is 17.9. The summed E-state index contributed by atoms with van der Waals surface area (Å²) in [5, 5.41) is 5.25. The number of imidazole rings is 2. The fourth-order valence-corrected chi connectivity index (χ4v) is 10.3. The number of carbonyl (C=O) groups is 4. The molecule has 2 aromatic heterocycles. The molecule has 2 aliphatic carbocycles. The Balaban J connectivity index is 0.834. The number of amides is 4. The summed E-state index contributed by atoms with van der Waals surface area (Å²) in [6, 6.07) is 16.5. The number of nitrogens with one attached hydrogen (secondary N) is 4. The minimum Gasteiger partial charge on any atom is -0.453 e. The van der Waals surface area contributed by atoms with Gasteiger partial charge < -0.3 is 44.6 Å². The van der Waals surface area contributed by atoms with Gasteiger partial charge in [-0.2, -0.15) is 8.78 Å². The standard InChI is InChI=1S/C48H50F2N8O7/c1-63-45(61)53-25-40(59)58-26-47(15-16-47)22-39(58)43-52-24-37(55-43)31-10-12-33-32-11-9-30(20-34(32)48(49,50)35(33)21-31)27-5-7-28(8-6-27)36-23-51-42(54-36)38-4-3-17-57(38)44(60)41(56-46(62)64-2)29-13-18-65-19-14-29/h5-12,20-21,23-24,29,38-39,41H,3-4,13-19,22,25-26H2,1-2H3,(H,51,54)(H,52,55)(H,53,61)(H,56,62)/t38-,39-,41-/m0/s1. The van der Waals surface area contributed by atoms with Crippen molar-refractivity contribution in [1.29, 1.82) is 0 Å². The maximum absolute atomic E-state index is 16.5. The number of alkyl carbamates (subject to hydrolysis) is 2. The fourth-order valence-electron chi connectivity index (χ4n) is 10.3. The van der Waals surface area contributed by atoms with Crippen LogP contribution < -0.4 is 10.6 Å². The van der Waals surface area contributed by atoms with Crippen LogP contribution in [-0.4, -0.2) is 107 Å². The van der Waals surface area contributed by atoms with Gasteiger partial charge in [-0.05, 0) is 96.2 Å². The number of nitrogens with zero attached hydrogens (tertiary/aromatic N) is 4. The predicted molar refractivity (Wildman–Crippen MR) is 233 cm³/mol. The Hall–Kier alpha value is -6.62. The number of carbonyl (C=O) groups excluding carboxylic acids is 4. The number of alkyl halides is 2. The third kappa shape index (κ3) is 7.89. The Morgan fingerprint density at radius 2 is 1.38 bits per heavy atom. The molecule has 0 radical (unpaired) electrons. The molecule has 0 bridgehead atoms. The van der Waals surface area contributed by atoms with E-state index in [1.54, 1.807) is 40.4 Å². The van der Waals surface area contributed by atoms with Crippen LogP contribution in [0.25, 0.3) is 44.8 Å². The quantitative estimate of drug-likeness (QED) is 0.110. The van der Waals surface area contributed by atoms with E-state index in [-0.39, 0.29) is 52.9 Å². The predicted octanol–water partition coefficient (Wildman–Crippen LogP) is 7.48. The van der Waals surface area contributed by atoms with Crippen molar-refractivity contribution in [1.82, 2.24) is 40.4 Å². The third-order valence-corrected chi connectivity index (χ3v) is 14.0. The van der Waals surface area contributed by atoms with Crippen LogP contribution in [-0.2, 0) is 29.7 Å². The molecule has 5 aromatic rings. The molecule has 3 aliphatic heterocycles. The summed E-state index contributed by atoms with van der Waals surface area (Å²) in [6.45, 7) is 1.97. The van der Waals surface area contributed by atoms with E-state index in [0.29, 0.717) is 78.7 Å². The number of hydrogen-bond donors (Lipinski definition) is 4. The molecule has 4 amide bonds. The Morgan fingerprint density at radius 3 is 2.05 bits per heavy atom. The molecular weight excluding hydrogens is 839 g/mol. The van der Waals surface area contributed by atoms with E-state index in [0.717, 1.165) is 48.9 Å². The average Bonchev–Trinajstić information content (AvgIpc) is 3.93. The van der Waals surface area contributed by atoms with Crippen molar-refractivity contribution in [3.05, 3.63) is 95.8 Å². The number of benzene rings is 3. The fraction of sp³-hybridized carbons (Fsp3) is 0.417. The molecule has 15 nitrogen and oxygen atoms in total. The number of ether oxygens (including phenoxy) is 3. The van der Waals surface area contributed by atoms with E-state index >= 15 is 8.78 Å². The van der Waals surface area contributed by atoms with Crippen LogP contribution in [0.5, 0.6) is 0 Å². The van der Waals surface area contributed by atoms with Gasteiger partial charge >= 0.3 is 12.2 Å². The van der Waals surface area contributed by atoms with Crippen molar-refractivity contribution in [2.45, 2.75) is 69.0 Å². The Labute approximate surface area is 373 Å². The van der Waals surface area contributed by atoms with Crippen LogP contribution in [0.4, 0.5) is 18.4 Å². The summed E-state index contributed by atoms with van der Waals surface area (Å²) < 4.78 is 48.0. The normalized spacial score (nSPS) is 20.9. The van der Waals surface area contributed by atoms with Crippen LogP contribution in [0, 0.1) is 11.3 Å². The molecule has 3 aromatic carbocycles. The van der Waals surface area contributed by atoms with Crippen molar-refractivity contribution < 1.29 is 42.2 Å². The maximum Gasteiger partial charge on any atom is 0.407 e. The summed E-state index contributed by atoms with van der Waals surface area (Å²) in [7, 11) is 2.52. The van der Waals surface area contributed by atoms with Gasteiger partial charge in [0.1, 0.15) is 24.2 Å². The average molecular weight is 889 g/mol. The van der Waals surface area contributed by atoms with Crippen LogP contribution in [0.3, 0.4) is 0 Å². The summed E-state index contributed by atoms with van der Waals surface area (Å²) in [4.78, 5) is 70.7. The van der Waals surface area contributed by atoms with Crippen LogP contribution in [0.15, 0.2) is 73.1 Å². The van der Waals surface area contributed by atoms with E-state index in [4.69, 9.17) is 9.47 Å². The zero-order valence-electron chi connectivity index (χ0n) is 36.1. The monoisotopic (exact) mass is 888 g/mol. The van der Waals surface area contributed by atoms with E-state index < -0.39 is 24.2 Å². The van der Waals surface area contributed by atoms with Crippen LogP contribution >= 0.6 is 0 Å². The third-order valence-electron chi connectivity index (χ3n) is 14.0. The summed E-state index contributed by atoms with van der Waals surface area (Å²) in [5.74, 6) is -2.51. The van der Waals surface area contributed by atoms with Gasteiger partial charge in [-0.15, -0.1) is 0 Å². The first-order valence-electron chi connectivity index (χ1n) is 22.2. The number of aromatic amines is 2. The second kappa shape index (κ2) is 16.7. The summed E-state index contributed by atoms with van der Waals surface area (Å²) in [5.41, 5.74) is 4.96. The zero-order valence-corrected chi connectivity index (χ0v) is 36.1. The smallest absolute Gasteiger partial charge is 0.407 e. The van der Waals surface area contributed by atoms with Gasteiger partial charge in [-0.3, -0.25) is 9.59 Å². The highest BCUT2D eigenvalue weighted by Gasteiger charge is 2.54. The van der Waals surface area contributed by atoms with Gasteiger partial charge in [-0.25, -0.2) is 19.6 Å².